The molecule has 60 valence electrons. The minimum Gasteiger partial charge on any atom is -0.303 e. The topological polar surface area (TPSA) is 24.1 Å². The fourth-order valence-corrected chi connectivity index (χ4v) is 0.827. The summed E-state index contributed by atoms with van der Waals surface area (Å²) in [6.45, 7) is 3.28. The second-order valence-corrected chi connectivity index (χ2v) is 2.33. The quantitative estimate of drug-likeness (QED) is 0.572. The zero-order valence-electron chi connectivity index (χ0n) is 6.59. The highest BCUT2D eigenvalue weighted by molar-refractivity contribution is 4.99. The Labute approximate surface area is 67.6 Å². The summed E-state index contributed by atoms with van der Waals surface area (Å²) in [4.78, 5) is 0. The predicted molar refractivity (Wildman–Crippen MR) is 47.3 cm³/mol. The van der Waals surface area contributed by atoms with E-state index >= 15 is 0 Å². The van der Waals surface area contributed by atoms with Crippen LogP contribution < -0.4 is 10.6 Å². The van der Waals surface area contributed by atoms with Gasteiger partial charge in [0.2, 0.25) is 0 Å². The van der Waals surface area contributed by atoms with Crippen molar-refractivity contribution in [3.8, 4) is 0 Å². The van der Waals surface area contributed by atoms with Crippen LogP contribution >= 0.6 is 0 Å². The molecule has 0 radical (unpaired) electrons. The van der Waals surface area contributed by atoms with Crippen molar-refractivity contribution in [1.29, 1.82) is 0 Å². The Bertz CT molecular complexity index is 124. The number of rotatable bonds is 0. The van der Waals surface area contributed by atoms with Crippen LogP contribution in [0, 0.1) is 0 Å². The summed E-state index contributed by atoms with van der Waals surface area (Å²) in [5.74, 6) is 0. The molecule has 0 saturated carbocycles. The van der Waals surface area contributed by atoms with Gasteiger partial charge in [-0.15, -0.1) is 0 Å². The van der Waals surface area contributed by atoms with Crippen LogP contribution in [-0.2, 0) is 0 Å². The molecule has 2 N–H and O–H groups in total. The van der Waals surface area contributed by atoms with E-state index in [0.717, 1.165) is 19.8 Å². The Balaban J connectivity index is 0.000000112. The summed E-state index contributed by atoms with van der Waals surface area (Å²) in [6.07, 6.45) is 0. The molecule has 2 rings (SSSR count). The molecular weight excluding hydrogens is 136 g/mol. The first kappa shape index (κ1) is 8.24. The molecule has 1 aromatic rings. The van der Waals surface area contributed by atoms with Gasteiger partial charge in [-0.05, 0) is 0 Å². The zero-order chi connectivity index (χ0) is 7.78. The lowest BCUT2D eigenvalue weighted by atomic mass is 10.4. The molecule has 1 aromatic carbocycles. The van der Waals surface area contributed by atoms with Gasteiger partial charge in [0.25, 0.3) is 0 Å². The largest absolute Gasteiger partial charge is 0.303 e. The third-order valence-electron chi connectivity index (χ3n) is 1.40. The summed E-state index contributed by atoms with van der Waals surface area (Å²) < 4.78 is 0. The third-order valence-corrected chi connectivity index (χ3v) is 1.40. The molecule has 0 bridgehead atoms. The molecule has 1 heterocycles. The van der Waals surface area contributed by atoms with E-state index in [1.807, 2.05) is 36.4 Å². The van der Waals surface area contributed by atoms with E-state index in [4.69, 9.17) is 0 Å². The average Bonchev–Trinajstić information content (AvgIpc) is 2.64. The summed E-state index contributed by atoms with van der Waals surface area (Å²) in [5.41, 5.74) is 0. The van der Waals surface area contributed by atoms with Crippen molar-refractivity contribution in [2.75, 3.05) is 19.8 Å². The first-order chi connectivity index (χ1) is 5.50. The van der Waals surface area contributed by atoms with Crippen molar-refractivity contribution in [2.24, 2.45) is 0 Å². The summed E-state index contributed by atoms with van der Waals surface area (Å²) in [6, 6.07) is 12.0. The van der Waals surface area contributed by atoms with Gasteiger partial charge in [-0.3, -0.25) is 0 Å². The van der Waals surface area contributed by atoms with E-state index in [1.54, 1.807) is 0 Å². The second kappa shape index (κ2) is 5.89. The third kappa shape index (κ3) is 4.53. The highest BCUT2D eigenvalue weighted by Gasteiger charge is 1.90. The minimum atomic E-state index is 1.00. The lowest BCUT2D eigenvalue weighted by molar-refractivity contribution is 0.807. The molecule has 2 heteroatoms. The Morgan fingerprint density at radius 2 is 1.00 bits per heavy atom. The molecule has 2 nitrogen and oxygen atoms in total. The Morgan fingerprint density at radius 1 is 0.636 bits per heavy atom. The van der Waals surface area contributed by atoms with E-state index in [2.05, 4.69) is 10.6 Å². The van der Waals surface area contributed by atoms with Gasteiger partial charge >= 0.3 is 0 Å². The molecule has 1 fully saturated rings. The van der Waals surface area contributed by atoms with Crippen LogP contribution in [0.15, 0.2) is 36.4 Å². The van der Waals surface area contributed by atoms with Crippen molar-refractivity contribution in [1.82, 2.24) is 10.6 Å². The van der Waals surface area contributed by atoms with E-state index in [9.17, 15) is 0 Å². The lowest BCUT2D eigenvalue weighted by Crippen LogP contribution is -2.11. The fourth-order valence-electron chi connectivity index (χ4n) is 0.827. The van der Waals surface area contributed by atoms with Crippen LogP contribution in [0.5, 0.6) is 0 Å². The fraction of sp³-hybridized carbons (Fsp3) is 0.333. The highest BCUT2D eigenvalue weighted by atomic mass is 15.1. The van der Waals surface area contributed by atoms with E-state index in [-0.39, 0.29) is 0 Å². The van der Waals surface area contributed by atoms with Gasteiger partial charge in [-0.1, -0.05) is 36.4 Å². The Kier molecular flexibility index (Phi) is 4.41. The zero-order valence-corrected chi connectivity index (χ0v) is 6.59. The maximum atomic E-state index is 3.11. The maximum absolute atomic E-state index is 3.11. The van der Waals surface area contributed by atoms with Gasteiger partial charge < -0.3 is 10.6 Å². The molecular formula is C9H14N2. The molecule has 0 atom stereocenters. The molecule has 0 spiro atoms. The summed E-state index contributed by atoms with van der Waals surface area (Å²) in [5, 5.41) is 6.22. The van der Waals surface area contributed by atoms with Gasteiger partial charge in [0, 0.05) is 19.8 Å². The first-order valence-corrected chi connectivity index (χ1v) is 3.91. The van der Waals surface area contributed by atoms with Crippen molar-refractivity contribution >= 4 is 0 Å². The molecule has 1 aliphatic rings. The highest BCUT2D eigenvalue weighted by Crippen LogP contribution is 1.79. The number of benzene rings is 1. The SMILES string of the molecule is C1CNCN1.c1ccccc1. The van der Waals surface area contributed by atoms with Gasteiger partial charge in [0.1, 0.15) is 0 Å². The monoisotopic (exact) mass is 150 g/mol. The maximum Gasteiger partial charge on any atom is 0.0455 e. The first-order valence-electron chi connectivity index (χ1n) is 3.91. The van der Waals surface area contributed by atoms with Crippen LogP contribution in [0.4, 0.5) is 0 Å². The smallest absolute Gasteiger partial charge is 0.0455 e. The van der Waals surface area contributed by atoms with E-state index in [1.165, 1.54) is 0 Å². The Hall–Kier alpha value is -0.860. The van der Waals surface area contributed by atoms with Gasteiger partial charge in [0.05, 0.1) is 0 Å². The van der Waals surface area contributed by atoms with Crippen molar-refractivity contribution in [2.45, 2.75) is 0 Å². The van der Waals surface area contributed by atoms with Crippen LogP contribution in [0.1, 0.15) is 0 Å². The van der Waals surface area contributed by atoms with Crippen LogP contribution in [-0.4, -0.2) is 19.8 Å². The van der Waals surface area contributed by atoms with Crippen molar-refractivity contribution in [3.63, 3.8) is 0 Å². The van der Waals surface area contributed by atoms with Gasteiger partial charge in [-0.2, -0.15) is 0 Å². The predicted octanol–water partition coefficient (Wildman–Crippen LogP) is 0.823. The molecule has 11 heavy (non-hydrogen) atoms. The molecule has 0 amide bonds. The average molecular weight is 150 g/mol. The lowest BCUT2D eigenvalue weighted by Gasteiger charge is -1.77. The number of hydrogen-bond donors (Lipinski definition) is 2. The van der Waals surface area contributed by atoms with Crippen LogP contribution in [0.2, 0.25) is 0 Å². The van der Waals surface area contributed by atoms with Crippen LogP contribution in [0.3, 0.4) is 0 Å². The molecule has 0 aliphatic carbocycles. The summed E-state index contributed by atoms with van der Waals surface area (Å²) in [7, 11) is 0. The van der Waals surface area contributed by atoms with Gasteiger partial charge in [0.15, 0.2) is 0 Å². The van der Waals surface area contributed by atoms with Gasteiger partial charge in [-0.25, -0.2) is 0 Å². The van der Waals surface area contributed by atoms with Crippen molar-refractivity contribution in [3.05, 3.63) is 36.4 Å². The van der Waals surface area contributed by atoms with Crippen LogP contribution in [0.25, 0.3) is 0 Å². The second-order valence-electron chi connectivity index (χ2n) is 2.33. The standard InChI is InChI=1S/C6H6.C3H8N2/c1-2-4-6-5-3-1;1-2-5-3-4-1/h1-6H;4-5H,1-3H2. The summed E-state index contributed by atoms with van der Waals surface area (Å²) >= 11 is 0. The van der Waals surface area contributed by atoms with Crippen molar-refractivity contribution < 1.29 is 0 Å². The molecule has 0 unspecified atom stereocenters. The molecule has 1 saturated heterocycles. The normalized spacial score (nSPS) is 15.3. The molecule has 1 aliphatic heterocycles. The number of hydrogen-bond acceptors (Lipinski definition) is 2. The van der Waals surface area contributed by atoms with E-state index < -0.39 is 0 Å². The Morgan fingerprint density at radius 3 is 1.18 bits per heavy atom. The number of nitrogens with one attached hydrogen (secondary N) is 2. The minimum absolute atomic E-state index is 1.00. The molecule has 0 aromatic heterocycles. The van der Waals surface area contributed by atoms with E-state index in [0.29, 0.717) is 0 Å².